The van der Waals surface area contributed by atoms with Crippen LogP contribution in [0.2, 0.25) is 5.15 Å². The fraction of sp³-hybridized carbons (Fsp3) is 0.714. The molecule has 0 saturated carbocycles. The highest BCUT2D eigenvalue weighted by atomic mass is 35.5. The minimum absolute atomic E-state index is 0.0460. The van der Waals surface area contributed by atoms with Crippen LogP contribution in [0.3, 0.4) is 0 Å². The van der Waals surface area contributed by atoms with Crippen molar-refractivity contribution in [2.24, 2.45) is 5.92 Å². The Labute approximate surface area is 123 Å². The summed E-state index contributed by atoms with van der Waals surface area (Å²) in [5, 5.41) is 0.193. The van der Waals surface area contributed by atoms with E-state index in [0.717, 1.165) is 25.9 Å². The number of likely N-dealkylation sites (tertiary alicyclic amines) is 1. The smallest absolute Gasteiger partial charge is 0.306 e. The summed E-state index contributed by atoms with van der Waals surface area (Å²) < 4.78 is 1.38. The third-order valence-corrected chi connectivity index (χ3v) is 4.39. The van der Waals surface area contributed by atoms with Gasteiger partial charge in [0.2, 0.25) is 0 Å². The van der Waals surface area contributed by atoms with E-state index >= 15 is 0 Å². The molecule has 0 spiro atoms. The summed E-state index contributed by atoms with van der Waals surface area (Å²) in [6.45, 7) is 5.86. The van der Waals surface area contributed by atoms with Gasteiger partial charge in [0, 0.05) is 12.6 Å². The molecule has 1 aromatic heterocycles. The molecule has 0 aliphatic carbocycles. The van der Waals surface area contributed by atoms with Crippen molar-refractivity contribution in [3.05, 3.63) is 31.6 Å². The van der Waals surface area contributed by atoms with Crippen molar-refractivity contribution in [3.63, 3.8) is 0 Å². The molecule has 20 heavy (non-hydrogen) atoms. The molecule has 1 aliphatic heterocycles. The summed E-state index contributed by atoms with van der Waals surface area (Å²) in [5.74, 6) is 0.267. The lowest BCUT2D eigenvalue weighted by Gasteiger charge is -2.35. The average Bonchev–Trinajstić information content (AvgIpc) is 2.37. The summed E-state index contributed by atoms with van der Waals surface area (Å²) in [6.07, 6.45) is 2.23. The van der Waals surface area contributed by atoms with E-state index in [9.17, 15) is 9.59 Å². The maximum Gasteiger partial charge on any atom is 0.329 e. The Morgan fingerprint density at radius 3 is 2.70 bits per heavy atom. The van der Waals surface area contributed by atoms with Gasteiger partial charge in [-0.2, -0.15) is 0 Å². The lowest BCUT2D eigenvalue weighted by Crippen LogP contribution is -2.47. The standard InChI is InChI=1S/C14H22ClN3O2/c1-4-5-10-12(15)16-14(20)18(13(10)19)11-6-7-17(3)8-9(11)2/h9,11H,4-8H2,1-3H3,(H,16,20). The van der Waals surface area contributed by atoms with Crippen LogP contribution in [0.4, 0.5) is 0 Å². The van der Waals surface area contributed by atoms with Gasteiger partial charge >= 0.3 is 5.69 Å². The molecule has 1 N–H and O–H groups in total. The van der Waals surface area contributed by atoms with Crippen molar-refractivity contribution in [2.45, 2.75) is 39.2 Å². The number of nitrogens with one attached hydrogen (secondary N) is 1. The van der Waals surface area contributed by atoms with Crippen molar-refractivity contribution < 1.29 is 0 Å². The molecular weight excluding hydrogens is 278 g/mol. The van der Waals surface area contributed by atoms with Crippen LogP contribution in [-0.2, 0) is 6.42 Å². The fourth-order valence-electron chi connectivity index (χ4n) is 3.05. The first-order valence-electron chi connectivity index (χ1n) is 7.17. The van der Waals surface area contributed by atoms with Gasteiger partial charge in [0.25, 0.3) is 5.56 Å². The van der Waals surface area contributed by atoms with Crippen LogP contribution in [0.5, 0.6) is 0 Å². The number of nitrogens with zero attached hydrogens (tertiary/aromatic N) is 2. The molecule has 2 rings (SSSR count). The average molecular weight is 300 g/mol. The van der Waals surface area contributed by atoms with Crippen LogP contribution < -0.4 is 11.2 Å². The number of hydrogen-bond donors (Lipinski definition) is 1. The van der Waals surface area contributed by atoms with E-state index in [-0.39, 0.29) is 28.4 Å². The second-order valence-electron chi connectivity index (χ2n) is 5.74. The largest absolute Gasteiger partial charge is 0.329 e. The maximum atomic E-state index is 12.6. The number of H-pyrrole nitrogens is 1. The monoisotopic (exact) mass is 299 g/mol. The predicted molar refractivity (Wildman–Crippen MR) is 80.6 cm³/mol. The third-order valence-electron chi connectivity index (χ3n) is 4.07. The van der Waals surface area contributed by atoms with Crippen molar-refractivity contribution >= 4 is 11.6 Å². The third kappa shape index (κ3) is 2.83. The molecule has 2 atom stereocenters. The molecule has 0 aromatic carbocycles. The Bertz CT molecular complexity index is 593. The van der Waals surface area contributed by atoms with Gasteiger partial charge in [-0.15, -0.1) is 0 Å². The Kier molecular flexibility index (Phi) is 4.70. The first kappa shape index (κ1) is 15.3. The van der Waals surface area contributed by atoms with Crippen molar-refractivity contribution in [2.75, 3.05) is 20.1 Å². The van der Waals surface area contributed by atoms with E-state index in [1.807, 2.05) is 6.92 Å². The molecule has 6 heteroatoms. The van der Waals surface area contributed by atoms with Crippen LogP contribution in [0.25, 0.3) is 0 Å². The van der Waals surface area contributed by atoms with Gasteiger partial charge in [-0.25, -0.2) is 4.79 Å². The highest BCUT2D eigenvalue weighted by Gasteiger charge is 2.28. The van der Waals surface area contributed by atoms with E-state index in [1.54, 1.807) is 0 Å². The van der Waals surface area contributed by atoms with Crippen molar-refractivity contribution in [1.29, 1.82) is 0 Å². The molecule has 1 saturated heterocycles. The maximum absolute atomic E-state index is 12.6. The lowest BCUT2D eigenvalue weighted by molar-refractivity contribution is 0.153. The quantitative estimate of drug-likeness (QED) is 0.864. The molecule has 1 fully saturated rings. The Morgan fingerprint density at radius 2 is 2.10 bits per heavy atom. The summed E-state index contributed by atoms with van der Waals surface area (Å²) in [6, 6.07) is -0.0460. The van der Waals surface area contributed by atoms with Gasteiger partial charge in [-0.1, -0.05) is 31.9 Å². The second kappa shape index (κ2) is 6.14. The summed E-state index contributed by atoms with van der Waals surface area (Å²) >= 11 is 6.01. The zero-order valence-corrected chi connectivity index (χ0v) is 13.0. The lowest BCUT2D eigenvalue weighted by atomic mass is 9.94. The summed E-state index contributed by atoms with van der Waals surface area (Å²) in [7, 11) is 2.06. The van der Waals surface area contributed by atoms with Gasteiger partial charge in [0.05, 0.1) is 5.56 Å². The van der Waals surface area contributed by atoms with Crippen LogP contribution in [-0.4, -0.2) is 34.6 Å². The zero-order chi connectivity index (χ0) is 14.9. The zero-order valence-electron chi connectivity index (χ0n) is 12.3. The molecule has 2 unspecified atom stereocenters. The molecule has 112 valence electrons. The minimum Gasteiger partial charge on any atom is -0.306 e. The van der Waals surface area contributed by atoms with E-state index < -0.39 is 0 Å². The van der Waals surface area contributed by atoms with Crippen LogP contribution in [0, 0.1) is 5.92 Å². The minimum atomic E-state index is -0.388. The first-order valence-corrected chi connectivity index (χ1v) is 7.55. The van der Waals surface area contributed by atoms with Crippen LogP contribution >= 0.6 is 11.6 Å². The van der Waals surface area contributed by atoms with Crippen molar-refractivity contribution in [1.82, 2.24) is 14.5 Å². The number of halogens is 1. The fourth-order valence-corrected chi connectivity index (χ4v) is 3.31. The number of hydrogen-bond acceptors (Lipinski definition) is 3. The van der Waals surface area contributed by atoms with Crippen LogP contribution in [0.1, 0.15) is 38.3 Å². The Morgan fingerprint density at radius 1 is 1.40 bits per heavy atom. The van der Waals surface area contributed by atoms with Gasteiger partial charge in [0.15, 0.2) is 0 Å². The number of aromatic nitrogens is 2. The highest BCUT2D eigenvalue weighted by Crippen LogP contribution is 2.25. The van der Waals surface area contributed by atoms with E-state index in [0.29, 0.717) is 12.0 Å². The van der Waals surface area contributed by atoms with Gasteiger partial charge in [-0.3, -0.25) is 14.3 Å². The van der Waals surface area contributed by atoms with E-state index in [2.05, 4.69) is 23.9 Å². The van der Waals surface area contributed by atoms with E-state index in [1.165, 1.54) is 4.57 Å². The molecule has 1 aliphatic rings. The normalized spacial score (nSPS) is 24.0. The SMILES string of the molecule is CCCc1c(Cl)[nH]c(=O)n(C2CCN(C)CC2C)c1=O. The molecule has 0 amide bonds. The van der Waals surface area contributed by atoms with Crippen molar-refractivity contribution in [3.8, 4) is 0 Å². The highest BCUT2D eigenvalue weighted by molar-refractivity contribution is 6.30. The predicted octanol–water partition coefficient (Wildman–Crippen LogP) is 1.66. The molecule has 5 nitrogen and oxygen atoms in total. The molecule has 0 radical (unpaired) electrons. The summed E-state index contributed by atoms with van der Waals surface area (Å²) in [5.41, 5.74) is -0.0804. The second-order valence-corrected chi connectivity index (χ2v) is 6.12. The Balaban J connectivity index is 2.49. The number of rotatable bonds is 3. The number of aromatic amines is 1. The Hall–Kier alpha value is -1.07. The molecule has 1 aromatic rings. The van der Waals surface area contributed by atoms with Gasteiger partial charge in [-0.05, 0) is 32.4 Å². The molecule has 2 heterocycles. The molecule has 0 bridgehead atoms. The first-order chi connectivity index (χ1) is 9.45. The van der Waals surface area contributed by atoms with Gasteiger partial charge < -0.3 is 4.90 Å². The summed E-state index contributed by atoms with van der Waals surface area (Å²) in [4.78, 5) is 29.6. The molecular formula is C14H22ClN3O2. The van der Waals surface area contributed by atoms with Gasteiger partial charge in [0.1, 0.15) is 5.15 Å². The van der Waals surface area contributed by atoms with E-state index in [4.69, 9.17) is 11.6 Å². The van der Waals surface area contributed by atoms with Crippen LogP contribution in [0.15, 0.2) is 9.59 Å². The topological polar surface area (TPSA) is 58.1 Å². The number of piperidine rings is 1.